The minimum absolute atomic E-state index is 0.0131. The van der Waals surface area contributed by atoms with E-state index in [-0.39, 0.29) is 17.1 Å². The minimum atomic E-state index is -0.533. The van der Waals surface area contributed by atoms with Gasteiger partial charge in [0.05, 0.1) is 23.4 Å². The number of carbonyl (C=O) groups excluding carboxylic acids is 1. The Hall–Kier alpha value is -4.21. The first-order valence-electron chi connectivity index (χ1n) is 8.57. The molecular weight excluding hydrogens is 378 g/mol. The molecule has 10 heteroatoms. The van der Waals surface area contributed by atoms with Crippen LogP contribution in [0.3, 0.4) is 0 Å². The summed E-state index contributed by atoms with van der Waals surface area (Å²) in [5, 5.41) is 31.0. The zero-order valence-corrected chi connectivity index (χ0v) is 15.3. The number of H-pyrrole nitrogens is 1. The number of nitrogens with one attached hydrogen (secondary N) is 2. The van der Waals surface area contributed by atoms with Crippen molar-refractivity contribution in [2.75, 3.05) is 6.61 Å². The van der Waals surface area contributed by atoms with E-state index in [0.717, 1.165) is 0 Å². The van der Waals surface area contributed by atoms with Crippen molar-refractivity contribution in [3.63, 3.8) is 0 Å². The highest BCUT2D eigenvalue weighted by molar-refractivity contribution is 5.94. The topological polar surface area (TPSA) is 143 Å². The van der Waals surface area contributed by atoms with Gasteiger partial charge in [0.15, 0.2) is 11.5 Å². The number of rotatable bonds is 7. The number of hydrogen-bond acceptors (Lipinski definition) is 7. The first-order valence-corrected chi connectivity index (χ1v) is 8.57. The fraction of sp³-hybridized carbons (Fsp3) is 0.105. The van der Waals surface area contributed by atoms with E-state index in [1.165, 1.54) is 30.5 Å². The zero-order valence-electron chi connectivity index (χ0n) is 15.3. The number of nitro benzene ring substituents is 1. The summed E-state index contributed by atoms with van der Waals surface area (Å²) in [4.78, 5) is 22.6. The van der Waals surface area contributed by atoms with Gasteiger partial charge >= 0.3 is 0 Å². The van der Waals surface area contributed by atoms with Crippen LogP contribution in [0.25, 0.3) is 11.3 Å². The molecule has 2 aromatic carbocycles. The molecule has 1 aromatic heterocycles. The molecule has 1 heterocycles. The van der Waals surface area contributed by atoms with Gasteiger partial charge in [0, 0.05) is 17.7 Å². The molecule has 0 aliphatic carbocycles. The molecule has 29 heavy (non-hydrogen) atoms. The second-order valence-corrected chi connectivity index (χ2v) is 5.83. The molecule has 0 fully saturated rings. The molecule has 0 saturated heterocycles. The van der Waals surface area contributed by atoms with Crippen molar-refractivity contribution >= 4 is 17.8 Å². The minimum Gasteiger partial charge on any atom is -0.504 e. The summed E-state index contributed by atoms with van der Waals surface area (Å²) in [6.45, 7) is 2.20. The Balaban J connectivity index is 1.68. The maximum atomic E-state index is 12.2. The monoisotopic (exact) mass is 395 g/mol. The number of non-ortho nitro benzene ring substituents is 1. The quantitative estimate of drug-likeness (QED) is 0.319. The smallest absolute Gasteiger partial charge is 0.289 e. The summed E-state index contributed by atoms with van der Waals surface area (Å²) in [7, 11) is 0. The molecule has 3 aromatic rings. The van der Waals surface area contributed by atoms with Crippen LogP contribution in [0.1, 0.15) is 23.0 Å². The number of aromatic amines is 1. The van der Waals surface area contributed by atoms with E-state index in [2.05, 4.69) is 20.7 Å². The lowest BCUT2D eigenvalue weighted by Gasteiger charge is -2.05. The molecule has 148 valence electrons. The van der Waals surface area contributed by atoms with Gasteiger partial charge in [0.25, 0.3) is 11.6 Å². The van der Waals surface area contributed by atoms with Crippen molar-refractivity contribution in [3.05, 3.63) is 69.9 Å². The van der Waals surface area contributed by atoms with Gasteiger partial charge in [-0.25, -0.2) is 5.43 Å². The van der Waals surface area contributed by atoms with Crippen molar-refractivity contribution < 1.29 is 19.6 Å². The molecule has 3 rings (SSSR count). The van der Waals surface area contributed by atoms with Crippen molar-refractivity contribution in [2.24, 2.45) is 5.10 Å². The molecule has 0 radical (unpaired) electrons. The molecule has 3 N–H and O–H groups in total. The van der Waals surface area contributed by atoms with E-state index in [1.807, 2.05) is 0 Å². The zero-order chi connectivity index (χ0) is 20.8. The van der Waals surface area contributed by atoms with Gasteiger partial charge in [-0.05, 0) is 36.8 Å². The van der Waals surface area contributed by atoms with Crippen LogP contribution in [-0.4, -0.2) is 39.0 Å². The highest BCUT2D eigenvalue weighted by Gasteiger charge is 2.13. The molecule has 0 saturated carbocycles. The lowest BCUT2D eigenvalue weighted by Crippen LogP contribution is -2.18. The van der Waals surface area contributed by atoms with Crippen LogP contribution in [0.2, 0.25) is 0 Å². The molecule has 0 atom stereocenters. The van der Waals surface area contributed by atoms with Crippen molar-refractivity contribution in [1.82, 2.24) is 15.6 Å². The predicted molar refractivity (Wildman–Crippen MR) is 105 cm³/mol. The van der Waals surface area contributed by atoms with Gasteiger partial charge in [0.1, 0.15) is 5.69 Å². The fourth-order valence-electron chi connectivity index (χ4n) is 2.47. The average molecular weight is 395 g/mol. The van der Waals surface area contributed by atoms with Crippen molar-refractivity contribution in [2.45, 2.75) is 6.92 Å². The Morgan fingerprint density at radius 1 is 1.34 bits per heavy atom. The highest BCUT2D eigenvalue weighted by atomic mass is 16.6. The summed E-state index contributed by atoms with van der Waals surface area (Å²) in [6, 6.07) is 12.1. The van der Waals surface area contributed by atoms with Crippen LogP contribution >= 0.6 is 0 Å². The fourth-order valence-corrected chi connectivity index (χ4v) is 2.47. The molecule has 0 unspecified atom stereocenters. The second-order valence-electron chi connectivity index (χ2n) is 5.83. The highest BCUT2D eigenvalue weighted by Crippen LogP contribution is 2.26. The first kappa shape index (κ1) is 19.5. The van der Waals surface area contributed by atoms with Gasteiger partial charge < -0.3 is 9.84 Å². The second kappa shape index (κ2) is 8.65. The maximum Gasteiger partial charge on any atom is 0.289 e. The number of phenols is 1. The van der Waals surface area contributed by atoms with E-state index in [1.54, 1.807) is 31.2 Å². The van der Waals surface area contributed by atoms with E-state index in [4.69, 9.17) is 4.74 Å². The van der Waals surface area contributed by atoms with Gasteiger partial charge in [-0.2, -0.15) is 10.2 Å². The van der Waals surface area contributed by atoms with Crippen LogP contribution in [0, 0.1) is 10.1 Å². The number of amides is 1. The number of carbonyl (C=O) groups is 1. The number of aromatic hydroxyl groups is 1. The molecule has 0 spiro atoms. The summed E-state index contributed by atoms with van der Waals surface area (Å²) in [5.41, 5.74) is 3.95. The number of aromatic nitrogens is 2. The number of nitro groups is 1. The number of phenolic OH excluding ortho intramolecular Hbond substituents is 1. The summed E-state index contributed by atoms with van der Waals surface area (Å²) < 4.78 is 5.29. The molecule has 10 nitrogen and oxygen atoms in total. The first-order chi connectivity index (χ1) is 14.0. The number of hydrazone groups is 1. The molecule has 1 amide bonds. The van der Waals surface area contributed by atoms with Crippen LogP contribution < -0.4 is 10.2 Å². The number of ether oxygens (including phenoxy) is 1. The SMILES string of the molecule is CCOc1cc(/C=N/NC(=O)c2cc(-c3cccc([N+](=O)[O-])c3)n[nH]2)ccc1O. The van der Waals surface area contributed by atoms with Gasteiger partial charge in [-0.15, -0.1) is 0 Å². The summed E-state index contributed by atoms with van der Waals surface area (Å²) in [5.74, 6) is -0.202. The number of benzene rings is 2. The largest absolute Gasteiger partial charge is 0.504 e. The van der Waals surface area contributed by atoms with Crippen LogP contribution in [0.15, 0.2) is 53.6 Å². The summed E-state index contributed by atoms with van der Waals surface area (Å²) in [6.07, 6.45) is 1.40. The summed E-state index contributed by atoms with van der Waals surface area (Å²) >= 11 is 0. The Bertz CT molecular complexity index is 1080. The van der Waals surface area contributed by atoms with Gasteiger partial charge in [-0.3, -0.25) is 20.0 Å². The predicted octanol–water partition coefficient (Wildman–Crippen LogP) is 2.85. The third kappa shape index (κ3) is 4.75. The van der Waals surface area contributed by atoms with Crippen LogP contribution in [0.5, 0.6) is 11.5 Å². The Morgan fingerprint density at radius 3 is 2.93 bits per heavy atom. The number of hydrogen-bond donors (Lipinski definition) is 3. The van der Waals surface area contributed by atoms with Crippen LogP contribution in [-0.2, 0) is 0 Å². The molecule has 0 aliphatic rings. The van der Waals surface area contributed by atoms with E-state index < -0.39 is 10.8 Å². The Morgan fingerprint density at radius 2 is 2.17 bits per heavy atom. The molecule has 0 aliphatic heterocycles. The van der Waals surface area contributed by atoms with E-state index >= 15 is 0 Å². The maximum absolute atomic E-state index is 12.2. The third-order valence-electron chi connectivity index (χ3n) is 3.84. The Labute approximate surface area is 165 Å². The van der Waals surface area contributed by atoms with Gasteiger partial charge in [0.2, 0.25) is 0 Å². The van der Waals surface area contributed by atoms with E-state index in [9.17, 15) is 20.0 Å². The van der Waals surface area contributed by atoms with Crippen molar-refractivity contribution in [1.29, 1.82) is 0 Å². The average Bonchev–Trinajstić information content (AvgIpc) is 3.21. The molecule has 0 bridgehead atoms. The van der Waals surface area contributed by atoms with Gasteiger partial charge in [-0.1, -0.05) is 12.1 Å². The number of nitrogens with zero attached hydrogens (tertiary/aromatic N) is 3. The van der Waals surface area contributed by atoms with E-state index in [0.29, 0.717) is 29.2 Å². The normalized spacial score (nSPS) is 10.8. The standard InChI is InChI=1S/C19H17N5O5/c1-2-29-18-8-12(6-7-17(18)25)11-20-23-19(26)16-10-15(21-22-16)13-4-3-5-14(9-13)24(27)28/h3-11,25H,2H2,1H3,(H,21,22)(H,23,26)/b20-11+. The van der Waals surface area contributed by atoms with Crippen LogP contribution in [0.4, 0.5) is 5.69 Å². The lowest BCUT2D eigenvalue weighted by atomic mass is 10.1. The van der Waals surface area contributed by atoms with Crippen molar-refractivity contribution in [3.8, 4) is 22.8 Å². The third-order valence-corrected chi connectivity index (χ3v) is 3.84. The molecular formula is C19H17N5O5. The lowest BCUT2D eigenvalue weighted by molar-refractivity contribution is -0.384. The Kier molecular flexibility index (Phi) is 5.83.